The zero-order valence-electron chi connectivity index (χ0n) is 21.1. The topological polar surface area (TPSA) is 81.4 Å². The Morgan fingerprint density at radius 1 is 1.14 bits per heavy atom. The van der Waals surface area contributed by atoms with E-state index < -0.39 is 14.1 Å². The molecule has 0 saturated carbocycles. The van der Waals surface area contributed by atoms with E-state index in [1.807, 2.05) is 60.9 Å². The van der Waals surface area contributed by atoms with E-state index in [1.54, 1.807) is 7.11 Å². The predicted molar refractivity (Wildman–Crippen MR) is 141 cm³/mol. The van der Waals surface area contributed by atoms with Crippen LogP contribution in [-0.4, -0.2) is 48.1 Å². The van der Waals surface area contributed by atoms with Gasteiger partial charge in [0.2, 0.25) is 5.91 Å². The van der Waals surface area contributed by atoms with E-state index >= 15 is 0 Å². The second kappa shape index (κ2) is 9.88. The lowest BCUT2D eigenvalue weighted by atomic mass is 9.99. The van der Waals surface area contributed by atoms with Crippen LogP contribution >= 0.6 is 0 Å². The van der Waals surface area contributed by atoms with Gasteiger partial charge in [0.05, 0.1) is 24.9 Å². The minimum atomic E-state index is -1.47. The molecule has 1 unspecified atom stereocenters. The van der Waals surface area contributed by atoms with E-state index in [1.165, 1.54) is 0 Å². The van der Waals surface area contributed by atoms with E-state index in [9.17, 15) is 4.79 Å². The van der Waals surface area contributed by atoms with Crippen molar-refractivity contribution < 1.29 is 9.53 Å². The number of nitrogens with zero attached hydrogens (tertiary/aromatic N) is 4. The molecule has 180 valence electrons. The molecule has 1 N–H and O–H groups in total. The molecule has 0 spiro atoms. The summed E-state index contributed by atoms with van der Waals surface area (Å²) in [5, 5.41) is 11.6. The zero-order chi connectivity index (χ0) is 25.2. The molecule has 8 heteroatoms. The summed E-state index contributed by atoms with van der Waals surface area (Å²) in [6.07, 6.45) is 0.181. The van der Waals surface area contributed by atoms with E-state index in [4.69, 9.17) is 9.73 Å². The Balaban J connectivity index is 1.88. The van der Waals surface area contributed by atoms with E-state index in [0.717, 1.165) is 39.7 Å². The number of hydrogen-bond donors (Lipinski definition) is 1. The number of methoxy groups -OCH3 is 1. The maximum Gasteiger partial charge on any atom is 0.222 e. The molecule has 2 heterocycles. The molecule has 2 aromatic carbocycles. The average Bonchev–Trinajstić information content (AvgIpc) is 3.15. The number of aliphatic imine (C=N–C) groups is 1. The maximum atomic E-state index is 12.6. The minimum Gasteiger partial charge on any atom is -0.497 e. The summed E-state index contributed by atoms with van der Waals surface area (Å²) in [5.41, 5.74) is 7.91. The van der Waals surface area contributed by atoms with Crippen LogP contribution in [0.25, 0.3) is 5.69 Å². The number of aryl methyl sites for hydroxylation is 1. The fourth-order valence-electron chi connectivity index (χ4n) is 3.99. The van der Waals surface area contributed by atoms with Gasteiger partial charge in [-0.3, -0.25) is 14.4 Å². The monoisotopic (exact) mass is 485 g/mol. The molecule has 1 amide bonds. The zero-order valence-corrected chi connectivity index (χ0v) is 22.1. The highest BCUT2D eigenvalue weighted by Gasteiger charge is 2.29. The first kappa shape index (κ1) is 24.4. The molecule has 1 aliphatic heterocycles. The van der Waals surface area contributed by atoms with Crippen molar-refractivity contribution in [2.24, 2.45) is 4.99 Å². The van der Waals surface area contributed by atoms with Gasteiger partial charge in [0.25, 0.3) is 0 Å². The molecule has 1 aliphatic rings. The highest BCUT2D eigenvalue weighted by atomic mass is 28.3. The number of rotatable bonds is 5. The van der Waals surface area contributed by atoms with Crippen LogP contribution in [0.15, 0.2) is 47.5 Å². The van der Waals surface area contributed by atoms with Gasteiger partial charge in [0.15, 0.2) is 5.82 Å². The first-order chi connectivity index (χ1) is 16.7. The third kappa shape index (κ3) is 5.36. The highest BCUT2D eigenvalue weighted by molar-refractivity contribution is 6.83. The Morgan fingerprint density at radius 2 is 1.89 bits per heavy atom. The van der Waals surface area contributed by atoms with Gasteiger partial charge in [-0.25, -0.2) is 0 Å². The summed E-state index contributed by atoms with van der Waals surface area (Å²) in [4.78, 5) is 17.7. The smallest absolute Gasteiger partial charge is 0.222 e. The number of carbonyl (C=O) groups is 1. The molecule has 4 rings (SSSR count). The number of aromatic nitrogens is 3. The summed E-state index contributed by atoms with van der Waals surface area (Å²) in [5.74, 6) is 5.34. The van der Waals surface area contributed by atoms with Gasteiger partial charge in [-0.2, -0.15) is 0 Å². The quantitative estimate of drug-likeness (QED) is 0.433. The first-order valence-electron chi connectivity index (χ1n) is 11.8. The van der Waals surface area contributed by atoms with Crippen molar-refractivity contribution in [2.75, 3.05) is 13.7 Å². The van der Waals surface area contributed by atoms with Gasteiger partial charge < -0.3 is 10.1 Å². The van der Waals surface area contributed by atoms with Crippen molar-refractivity contribution in [1.82, 2.24) is 20.1 Å². The molecule has 0 fully saturated rings. The minimum absolute atomic E-state index is 0.0756. The summed E-state index contributed by atoms with van der Waals surface area (Å²) in [7, 11) is 0.179. The van der Waals surface area contributed by atoms with Gasteiger partial charge in [-0.15, -0.1) is 15.7 Å². The van der Waals surface area contributed by atoms with Crippen LogP contribution < -0.4 is 10.1 Å². The number of amides is 1. The largest absolute Gasteiger partial charge is 0.497 e. The van der Waals surface area contributed by atoms with Crippen LogP contribution in [0.1, 0.15) is 47.7 Å². The molecular formula is C27H31N5O2Si. The SMILES string of the molecule is CCNC(=O)CC1N=C(c2ccc(C#C[Si](C)(C)C)cc2)c2cc(OC)ccc2-n2c(C)nnc21. The van der Waals surface area contributed by atoms with Crippen molar-refractivity contribution in [3.63, 3.8) is 0 Å². The molecule has 7 nitrogen and oxygen atoms in total. The second-order valence-corrected chi connectivity index (χ2v) is 14.3. The normalized spacial score (nSPS) is 14.6. The van der Waals surface area contributed by atoms with Gasteiger partial charge in [0.1, 0.15) is 25.7 Å². The standard InChI is InChI=1S/C27H31N5O2Si/c1-7-28-25(33)17-23-27-31-30-18(2)32(27)24-13-12-21(34-3)16-22(24)26(29-23)20-10-8-19(9-11-20)14-15-35(4,5)6/h8-13,16,23H,7,17H2,1-6H3,(H,28,33). The number of carbonyl (C=O) groups excluding carboxylic acids is 1. The Hall–Kier alpha value is -3.70. The van der Waals surface area contributed by atoms with Crippen LogP contribution in [-0.2, 0) is 4.79 Å². The molecule has 0 saturated heterocycles. The lowest BCUT2D eigenvalue weighted by Gasteiger charge is -2.14. The fourth-order valence-corrected chi connectivity index (χ4v) is 4.50. The Morgan fingerprint density at radius 3 is 2.54 bits per heavy atom. The molecule has 3 aromatic rings. The third-order valence-electron chi connectivity index (χ3n) is 5.63. The Kier molecular flexibility index (Phi) is 6.90. The number of nitrogens with one attached hydrogen (secondary N) is 1. The number of fused-ring (bicyclic) bond motifs is 3. The number of benzene rings is 2. The molecule has 1 aromatic heterocycles. The summed E-state index contributed by atoms with van der Waals surface area (Å²) in [6, 6.07) is 13.5. The van der Waals surface area contributed by atoms with Crippen molar-refractivity contribution in [3.8, 4) is 22.9 Å². The van der Waals surface area contributed by atoms with Gasteiger partial charge in [-0.1, -0.05) is 37.7 Å². The van der Waals surface area contributed by atoms with Crippen LogP contribution in [0.3, 0.4) is 0 Å². The molecule has 0 bridgehead atoms. The molecular weight excluding hydrogens is 454 g/mol. The summed E-state index contributed by atoms with van der Waals surface area (Å²) in [6.45, 7) is 11.1. The van der Waals surface area contributed by atoms with Gasteiger partial charge in [0, 0.05) is 23.2 Å². The van der Waals surface area contributed by atoms with E-state index in [-0.39, 0.29) is 12.3 Å². The second-order valence-electron chi connectivity index (χ2n) is 9.55. The summed E-state index contributed by atoms with van der Waals surface area (Å²) < 4.78 is 7.53. The fraction of sp³-hybridized carbons (Fsp3) is 0.333. The van der Waals surface area contributed by atoms with Crippen molar-refractivity contribution >= 4 is 19.7 Å². The molecule has 0 radical (unpaired) electrons. The lowest BCUT2D eigenvalue weighted by Crippen LogP contribution is -2.25. The van der Waals surface area contributed by atoms with E-state index in [2.05, 4.69) is 46.6 Å². The Bertz CT molecular complexity index is 1340. The van der Waals surface area contributed by atoms with Crippen LogP contribution in [0, 0.1) is 18.4 Å². The van der Waals surface area contributed by atoms with Crippen molar-refractivity contribution in [3.05, 3.63) is 70.8 Å². The summed E-state index contributed by atoms with van der Waals surface area (Å²) >= 11 is 0. The Labute approximate surface area is 207 Å². The maximum absolute atomic E-state index is 12.6. The average molecular weight is 486 g/mol. The van der Waals surface area contributed by atoms with Gasteiger partial charge in [-0.05, 0) is 44.2 Å². The number of ether oxygens (including phenoxy) is 1. The highest BCUT2D eigenvalue weighted by Crippen LogP contribution is 2.34. The van der Waals surface area contributed by atoms with Crippen molar-refractivity contribution in [2.45, 2.75) is 46.0 Å². The lowest BCUT2D eigenvalue weighted by molar-refractivity contribution is -0.121. The predicted octanol–water partition coefficient (Wildman–Crippen LogP) is 4.23. The third-order valence-corrected chi connectivity index (χ3v) is 6.50. The molecule has 35 heavy (non-hydrogen) atoms. The van der Waals surface area contributed by atoms with Gasteiger partial charge >= 0.3 is 0 Å². The van der Waals surface area contributed by atoms with Crippen LogP contribution in [0.5, 0.6) is 5.75 Å². The molecule has 0 aliphatic carbocycles. The first-order valence-corrected chi connectivity index (χ1v) is 15.3. The molecule has 1 atom stereocenters. The van der Waals surface area contributed by atoms with Crippen LogP contribution in [0.4, 0.5) is 0 Å². The van der Waals surface area contributed by atoms with Crippen molar-refractivity contribution in [1.29, 1.82) is 0 Å². The van der Waals surface area contributed by atoms with Crippen LogP contribution in [0.2, 0.25) is 19.6 Å². The van der Waals surface area contributed by atoms with E-state index in [0.29, 0.717) is 12.4 Å². The number of hydrogen-bond acceptors (Lipinski definition) is 5.